The van der Waals surface area contributed by atoms with Crippen molar-refractivity contribution in [3.05, 3.63) is 59.7 Å². The number of carbonyl (C=O) groups excluding carboxylic acids is 2. The fourth-order valence-electron chi connectivity index (χ4n) is 3.63. The Bertz CT molecular complexity index is 813. The predicted molar refractivity (Wildman–Crippen MR) is 111 cm³/mol. The van der Waals surface area contributed by atoms with E-state index in [-0.39, 0.29) is 23.8 Å². The molecule has 1 aliphatic rings. The molecule has 1 saturated carbocycles. The van der Waals surface area contributed by atoms with Crippen LogP contribution in [-0.2, 0) is 4.79 Å². The van der Waals surface area contributed by atoms with Gasteiger partial charge in [0.05, 0.1) is 13.0 Å². The molecule has 2 aromatic rings. The molecule has 2 aromatic carbocycles. The molecule has 2 atom stereocenters. The number of hydrogen-bond donors (Lipinski definition) is 2. The average Bonchev–Trinajstić information content (AvgIpc) is 3.16. The summed E-state index contributed by atoms with van der Waals surface area (Å²) in [5, 5.41) is 6.03. The van der Waals surface area contributed by atoms with Gasteiger partial charge < -0.3 is 15.4 Å². The Morgan fingerprint density at radius 2 is 1.68 bits per heavy atom. The first-order valence-corrected chi connectivity index (χ1v) is 9.83. The molecule has 5 heteroatoms. The first-order chi connectivity index (χ1) is 13.5. The van der Waals surface area contributed by atoms with E-state index >= 15 is 0 Å². The van der Waals surface area contributed by atoms with Crippen molar-refractivity contribution >= 4 is 17.5 Å². The zero-order valence-electron chi connectivity index (χ0n) is 16.7. The first-order valence-electron chi connectivity index (χ1n) is 9.83. The van der Waals surface area contributed by atoms with Crippen molar-refractivity contribution in [2.75, 3.05) is 12.4 Å². The van der Waals surface area contributed by atoms with Crippen LogP contribution in [0, 0.1) is 5.92 Å². The molecule has 0 bridgehead atoms. The van der Waals surface area contributed by atoms with Crippen molar-refractivity contribution in [1.29, 1.82) is 0 Å². The molecule has 28 heavy (non-hydrogen) atoms. The topological polar surface area (TPSA) is 67.4 Å². The summed E-state index contributed by atoms with van der Waals surface area (Å²) in [7, 11) is 1.59. The maximum absolute atomic E-state index is 12.8. The third-order valence-electron chi connectivity index (χ3n) is 5.37. The van der Waals surface area contributed by atoms with Crippen LogP contribution in [0.25, 0.3) is 0 Å². The average molecular weight is 380 g/mol. The number of amides is 2. The fraction of sp³-hybridized carbons (Fsp3) is 0.391. The first kappa shape index (κ1) is 19.9. The minimum atomic E-state index is -0.216. The van der Waals surface area contributed by atoms with Crippen LogP contribution in [-0.4, -0.2) is 25.0 Å². The molecule has 3 rings (SSSR count). The highest BCUT2D eigenvalue weighted by Crippen LogP contribution is 2.28. The lowest BCUT2D eigenvalue weighted by molar-refractivity contribution is -0.120. The summed E-state index contributed by atoms with van der Waals surface area (Å²) >= 11 is 0. The Labute approximate surface area is 166 Å². The third-order valence-corrected chi connectivity index (χ3v) is 5.37. The molecule has 1 fully saturated rings. The van der Waals surface area contributed by atoms with Gasteiger partial charge in [-0.15, -0.1) is 0 Å². The number of rotatable bonds is 6. The van der Waals surface area contributed by atoms with Crippen LogP contribution in [0.1, 0.15) is 54.9 Å². The lowest BCUT2D eigenvalue weighted by atomic mass is 10.0. The van der Waals surface area contributed by atoms with E-state index in [9.17, 15) is 9.59 Å². The Hall–Kier alpha value is -2.82. The second-order valence-electron chi connectivity index (χ2n) is 7.61. The van der Waals surface area contributed by atoms with E-state index in [1.165, 1.54) is 5.56 Å². The van der Waals surface area contributed by atoms with E-state index in [1.54, 1.807) is 31.4 Å². The second-order valence-corrected chi connectivity index (χ2v) is 7.61. The van der Waals surface area contributed by atoms with Gasteiger partial charge in [-0.05, 0) is 60.7 Å². The number of carbonyl (C=O) groups is 2. The summed E-state index contributed by atoms with van der Waals surface area (Å²) < 4.78 is 5.12. The van der Waals surface area contributed by atoms with Crippen LogP contribution < -0.4 is 15.4 Å². The summed E-state index contributed by atoms with van der Waals surface area (Å²) in [6.45, 7) is 4.28. The van der Waals surface area contributed by atoms with Crippen molar-refractivity contribution in [2.45, 2.75) is 45.1 Å². The van der Waals surface area contributed by atoms with Gasteiger partial charge in [0.1, 0.15) is 5.75 Å². The van der Waals surface area contributed by atoms with E-state index in [1.807, 2.05) is 24.3 Å². The van der Waals surface area contributed by atoms with Gasteiger partial charge in [0.2, 0.25) is 5.91 Å². The Morgan fingerprint density at radius 1 is 1.00 bits per heavy atom. The molecule has 0 aromatic heterocycles. The van der Waals surface area contributed by atoms with Crippen LogP contribution in [0.15, 0.2) is 48.5 Å². The van der Waals surface area contributed by atoms with Crippen LogP contribution in [0.4, 0.5) is 5.69 Å². The minimum absolute atomic E-state index is 0.0326. The highest BCUT2D eigenvalue weighted by atomic mass is 16.5. The number of nitrogens with one attached hydrogen (secondary N) is 2. The molecule has 148 valence electrons. The lowest BCUT2D eigenvalue weighted by Gasteiger charge is -2.21. The Kier molecular flexibility index (Phi) is 6.34. The van der Waals surface area contributed by atoms with Crippen LogP contribution in [0.3, 0.4) is 0 Å². The zero-order chi connectivity index (χ0) is 20.1. The van der Waals surface area contributed by atoms with Crippen molar-refractivity contribution in [3.63, 3.8) is 0 Å². The second kappa shape index (κ2) is 8.91. The lowest BCUT2D eigenvalue weighted by Crippen LogP contribution is -2.41. The van der Waals surface area contributed by atoms with Gasteiger partial charge >= 0.3 is 0 Å². The normalized spacial score (nSPS) is 18.7. The smallest absolute Gasteiger partial charge is 0.251 e. The van der Waals surface area contributed by atoms with Crippen LogP contribution in [0.2, 0.25) is 0 Å². The molecule has 0 spiro atoms. The number of anilines is 1. The van der Waals surface area contributed by atoms with E-state index in [0.717, 1.165) is 24.9 Å². The molecular formula is C23H28N2O3. The molecule has 0 aliphatic heterocycles. The maximum atomic E-state index is 12.8. The molecule has 1 aliphatic carbocycles. The molecule has 2 N–H and O–H groups in total. The number of benzene rings is 2. The summed E-state index contributed by atoms with van der Waals surface area (Å²) in [6, 6.07) is 14.8. The number of hydrogen-bond acceptors (Lipinski definition) is 3. The number of ether oxygens (including phenoxy) is 1. The summed E-state index contributed by atoms with van der Waals surface area (Å²) in [5.74, 6) is 0.755. The molecule has 2 amide bonds. The Balaban J connectivity index is 1.61. The molecule has 0 saturated heterocycles. The van der Waals surface area contributed by atoms with E-state index in [4.69, 9.17) is 4.74 Å². The zero-order valence-corrected chi connectivity index (χ0v) is 16.7. The van der Waals surface area contributed by atoms with Gasteiger partial charge in [0.25, 0.3) is 5.91 Å². The standard InChI is InChI=1S/C23H28N2O3/c1-15(2)16-7-11-18(12-8-16)24-23(27)20-5-4-6-21(20)25-22(26)17-9-13-19(28-3)14-10-17/h7-15,20-21H,4-6H2,1-3H3,(H,24,27)(H,25,26)/t20-,21+/m0/s1. The van der Waals surface area contributed by atoms with Crippen LogP contribution >= 0.6 is 0 Å². The quantitative estimate of drug-likeness (QED) is 0.783. The van der Waals surface area contributed by atoms with Crippen LogP contribution in [0.5, 0.6) is 5.75 Å². The highest BCUT2D eigenvalue weighted by Gasteiger charge is 2.34. The molecule has 0 heterocycles. The van der Waals surface area contributed by atoms with Crippen molar-refractivity contribution in [1.82, 2.24) is 5.32 Å². The van der Waals surface area contributed by atoms with Gasteiger partial charge in [0, 0.05) is 17.3 Å². The van der Waals surface area contributed by atoms with Crippen molar-refractivity contribution in [2.24, 2.45) is 5.92 Å². The largest absolute Gasteiger partial charge is 0.497 e. The van der Waals surface area contributed by atoms with E-state index < -0.39 is 0 Å². The third kappa shape index (κ3) is 4.71. The molecule has 0 radical (unpaired) electrons. The Morgan fingerprint density at radius 3 is 2.29 bits per heavy atom. The molecule has 5 nitrogen and oxygen atoms in total. The van der Waals surface area contributed by atoms with Gasteiger partial charge in [-0.2, -0.15) is 0 Å². The SMILES string of the molecule is COc1ccc(C(=O)N[C@@H]2CCC[C@@H]2C(=O)Nc2ccc(C(C)C)cc2)cc1. The predicted octanol–water partition coefficient (Wildman–Crippen LogP) is 4.36. The van der Waals surface area contributed by atoms with E-state index in [0.29, 0.717) is 17.2 Å². The van der Waals surface area contributed by atoms with Gasteiger partial charge in [-0.1, -0.05) is 32.4 Å². The molecule has 0 unspecified atom stereocenters. The highest BCUT2D eigenvalue weighted by molar-refractivity contribution is 5.96. The summed E-state index contributed by atoms with van der Waals surface area (Å²) in [5.41, 5.74) is 2.60. The monoisotopic (exact) mass is 380 g/mol. The number of methoxy groups -OCH3 is 1. The van der Waals surface area contributed by atoms with E-state index in [2.05, 4.69) is 24.5 Å². The van der Waals surface area contributed by atoms with Crippen molar-refractivity contribution < 1.29 is 14.3 Å². The van der Waals surface area contributed by atoms with Crippen molar-refractivity contribution in [3.8, 4) is 5.75 Å². The minimum Gasteiger partial charge on any atom is -0.497 e. The summed E-state index contributed by atoms with van der Waals surface area (Å²) in [6.07, 6.45) is 2.52. The fourth-order valence-corrected chi connectivity index (χ4v) is 3.63. The van der Waals surface area contributed by atoms with Gasteiger partial charge in [-0.25, -0.2) is 0 Å². The van der Waals surface area contributed by atoms with Gasteiger partial charge in [0.15, 0.2) is 0 Å². The maximum Gasteiger partial charge on any atom is 0.251 e. The summed E-state index contributed by atoms with van der Waals surface area (Å²) in [4.78, 5) is 25.3. The van der Waals surface area contributed by atoms with Gasteiger partial charge in [-0.3, -0.25) is 9.59 Å². The molecular weight excluding hydrogens is 352 g/mol.